The second-order valence-electron chi connectivity index (χ2n) is 6.16. The Morgan fingerprint density at radius 2 is 1.69 bits per heavy atom. The molecular weight excluding hydrogens is 410 g/mol. The lowest BCUT2D eigenvalue weighted by Crippen LogP contribution is -2.02. The van der Waals surface area contributed by atoms with Gasteiger partial charge in [-0.25, -0.2) is 9.97 Å². The summed E-state index contributed by atoms with van der Waals surface area (Å²) in [6, 6.07) is 11.6. The number of nitro groups is 1. The minimum absolute atomic E-state index is 0.144. The highest BCUT2D eigenvalue weighted by molar-refractivity contribution is 5.69. The van der Waals surface area contributed by atoms with Crippen LogP contribution in [-0.4, -0.2) is 26.3 Å². The molecule has 0 spiro atoms. The Morgan fingerprint density at radius 3 is 2.16 bits per heavy atom. The number of anilines is 4. The van der Waals surface area contributed by atoms with Crippen LogP contribution < -0.4 is 16.4 Å². The number of carbonyl (C=O) groups is 1. The second kappa shape index (κ2) is 13.7. The molecule has 2 heterocycles. The highest BCUT2D eigenvalue weighted by atomic mass is 16.6. The van der Waals surface area contributed by atoms with Crippen molar-refractivity contribution >= 4 is 35.4 Å². The maximum absolute atomic E-state index is 10.2. The van der Waals surface area contributed by atoms with Gasteiger partial charge in [-0.1, -0.05) is 17.7 Å². The van der Waals surface area contributed by atoms with Crippen LogP contribution in [-0.2, 0) is 4.79 Å². The van der Waals surface area contributed by atoms with Crippen LogP contribution in [0, 0.1) is 35.8 Å². The topological polar surface area (TPSA) is 149 Å². The summed E-state index contributed by atoms with van der Waals surface area (Å²) in [5, 5.41) is 15.6. The Bertz CT molecular complexity index is 1050. The van der Waals surface area contributed by atoms with Crippen LogP contribution in [0.15, 0.2) is 48.7 Å². The predicted molar refractivity (Wildman–Crippen MR) is 125 cm³/mol. The van der Waals surface area contributed by atoms with E-state index < -0.39 is 4.92 Å². The average Bonchev–Trinajstić information content (AvgIpc) is 2.75. The summed E-state index contributed by atoms with van der Waals surface area (Å²) in [7, 11) is 0. The Kier molecular flexibility index (Phi) is 10.9. The number of amides is 1. The summed E-state index contributed by atoms with van der Waals surface area (Å²) in [4.78, 5) is 32.0. The Balaban J connectivity index is 0.000000307. The molecule has 0 bridgehead atoms. The predicted octanol–water partition coefficient (Wildman–Crippen LogP) is 4.01. The minimum atomic E-state index is -0.403. The number of nitrogens with zero attached hydrogens (tertiary/aromatic N) is 4. The van der Waals surface area contributed by atoms with Gasteiger partial charge in [0.25, 0.3) is 5.69 Å². The number of rotatable bonds is 5. The summed E-state index contributed by atoms with van der Waals surface area (Å²) >= 11 is 0. The van der Waals surface area contributed by atoms with Gasteiger partial charge in [-0.15, -0.1) is 11.8 Å². The van der Waals surface area contributed by atoms with Gasteiger partial charge < -0.3 is 16.4 Å². The van der Waals surface area contributed by atoms with Crippen molar-refractivity contribution in [1.82, 2.24) is 15.0 Å². The van der Waals surface area contributed by atoms with Crippen molar-refractivity contribution in [2.75, 3.05) is 16.4 Å². The van der Waals surface area contributed by atoms with Gasteiger partial charge in [-0.2, -0.15) is 4.98 Å². The SMILES string of the molecule is CC#CC.Cc1cc(Nc2ccc(NC=O)nc2)nc(N)n1.Cc1ccc([N+](=O)[O-])cc1. The minimum Gasteiger partial charge on any atom is -0.368 e. The number of carbonyl (C=O) groups excluding carboxylic acids is 1. The van der Waals surface area contributed by atoms with Gasteiger partial charge in [0.2, 0.25) is 12.4 Å². The first kappa shape index (κ1) is 25.5. The van der Waals surface area contributed by atoms with Crippen LogP contribution in [0.1, 0.15) is 25.1 Å². The third kappa shape index (κ3) is 9.80. The van der Waals surface area contributed by atoms with Gasteiger partial charge in [0, 0.05) is 23.9 Å². The van der Waals surface area contributed by atoms with Gasteiger partial charge in [0.15, 0.2) is 0 Å². The molecule has 0 saturated heterocycles. The lowest BCUT2D eigenvalue weighted by Gasteiger charge is -2.07. The molecule has 0 atom stereocenters. The van der Waals surface area contributed by atoms with Crippen molar-refractivity contribution in [1.29, 1.82) is 0 Å². The summed E-state index contributed by atoms with van der Waals surface area (Å²) in [6.45, 7) is 7.36. The molecule has 10 nitrogen and oxygen atoms in total. The average molecular weight is 435 g/mol. The van der Waals surface area contributed by atoms with Crippen molar-refractivity contribution in [3.63, 3.8) is 0 Å². The quantitative estimate of drug-likeness (QED) is 0.235. The van der Waals surface area contributed by atoms with Crippen LogP contribution in [0.3, 0.4) is 0 Å². The van der Waals surface area contributed by atoms with Crippen molar-refractivity contribution < 1.29 is 9.72 Å². The molecule has 4 N–H and O–H groups in total. The van der Waals surface area contributed by atoms with Gasteiger partial charge >= 0.3 is 0 Å². The van der Waals surface area contributed by atoms with E-state index in [0.717, 1.165) is 16.9 Å². The number of nitro benzene ring substituents is 1. The molecule has 0 aliphatic rings. The molecular formula is C22H25N7O3. The molecule has 0 saturated carbocycles. The van der Waals surface area contributed by atoms with Crippen molar-refractivity contribution in [2.45, 2.75) is 27.7 Å². The first-order chi connectivity index (χ1) is 15.3. The van der Waals surface area contributed by atoms with Crippen molar-refractivity contribution in [3.8, 4) is 11.8 Å². The molecule has 3 aromatic rings. The summed E-state index contributed by atoms with van der Waals surface area (Å²) in [5.41, 5.74) is 8.24. The van der Waals surface area contributed by atoms with E-state index in [2.05, 4.69) is 37.4 Å². The number of hydrogen-bond donors (Lipinski definition) is 3. The fourth-order valence-electron chi connectivity index (χ4n) is 2.08. The maximum Gasteiger partial charge on any atom is 0.269 e. The standard InChI is InChI=1S/C11H12N6O.C7H7NO2.C4H6/c1-7-4-10(17-11(12)15-7)16-8-2-3-9(13-5-8)14-6-18;1-6-2-4-7(5-3-6)8(9)10;1-3-4-2/h2-6H,1H3,(H,13,14,18)(H3,12,15,16,17);2-5H,1H3;1-2H3. The first-order valence-electron chi connectivity index (χ1n) is 9.38. The van der Waals surface area contributed by atoms with Crippen LogP contribution in [0.25, 0.3) is 0 Å². The second-order valence-corrected chi connectivity index (χ2v) is 6.16. The molecule has 0 aliphatic heterocycles. The van der Waals surface area contributed by atoms with Gasteiger partial charge in [0.1, 0.15) is 11.6 Å². The van der Waals surface area contributed by atoms with Gasteiger partial charge in [-0.05, 0) is 39.8 Å². The third-order valence-corrected chi connectivity index (χ3v) is 3.61. The van der Waals surface area contributed by atoms with E-state index in [9.17, 15) is 14.9 Å². The van der Waals surface area contributed by atoms with Crippen LogP contribution in [0.2, 0.25) is 0 Å². The number of non-ortho nitro benzene ring substituents is 1. The number of nitrogen functional groups attached to an aromatic ring is 1. The highest BCUT2D eigenvalue weighted by Gasteiger charge is 2.01. The molecule has 2 aromatic heterocycles. The molecule has 166 valence electrons. The fraction of sp³-hybridized carbons (Fsp3) is 0.182. The zero-order valence-corrected chi connectivity index (χ0v) is 18.3. The number of benzene rings is 1. The van der Waals surface area contributed by atoms with E-state index in [1.165, 1.54) is 12.1 Å². The molecule has 1 aromatic carbocycles. The van der Waals surface area contributed by atoms with Crippen molar-refractivity contribution in [3.05, 3.63) is 70.0 Å². The van der Waals surface area contributed by atoms with E-state index in [1.807, 2.05) is 27.7 Å². The molecule has 3 rings (SSSR count). The molecule has 0 unspecified atom stereocenters. The molecule has 0 radical (unpaired) electrons. The van der Waals surface area contributed by atoms with Crippen LogP contribution in [0.5, 0.6) is 0 Å². The van der Waals surface area contributed by atoms with Crippen molar-refractivity contribution in [2.24, 2.45) is 0 Å². The summed E-state index contributed by atoms with van der Waals surface area (Å²) in [6.07, 6.45) is 2.16. The zero-order chi connectivity index (χ0) is 23.9. The largest absolute Gasteiger partial charge is 0.368 e. The number of aromatic nitrogens is 3. The number of nitrogens with one attached hydrogen (secondary N) is 2. The monoisotopic (exact) mass is 435 g/mol. The van der Waals surface area contributed by atoms with Crippen LogP contribution >= 0.6 is 0 Å². The zero-order valence-electron chi connectivity index (χ0n) is 18.3. The summed E-state index contributed by atoms with van der Waals surface area (Å²) in [5.74, 6) is 6.65. The third-order valence-electron chi connectivity index (χ3n) is 3.61. The molecule has 32 heavy (non-hydrogen) atoms. The fourth-order valence-corrected chi connectivity index (χ4v) is 2.08. The normalized spacial score (nSPS) is 8.88. The molecule has 1 amide bonds. The maximum atomic E-state index is 10.2. The van der Waals surface area contributed by atoms with E-state index in [-0.39, 0.29) is 11.6 Å². The van der Waals surface area contributed by atoms with Gasteiger partial charge in [-0.3, -0.25) is 14.9 Å². The van der Waals surface area contributed by atoms with E-state index in [4.69, 9.17) is 5.73 Å². The Hall–Kier alpha value is -4.52. The Morgan fingerprint density at radius 1 is 1.03 bits per heavy atom. The lowest BCUT2D eigenvalue weighted by atomic mass is 10.2. The number of nitrogens with two attached hydrogens (primary N) is 1. The number of hydrogen-bond acceptors (Lipinski definition) is 8. The molecule has 10 heteroatoms. The Labute approximate surface area is 186 Å². The van der Waals surface area contributed by atoms with E-state index >= 15 is 0 Å². The van der Waals surface area contributed by atoms with Crippen LogP contribution in [0.4, 0.5) is 29.0 Å². The smallest absolute Gasteiger partial charge is 0.269 e. The summed E-state index contributed by atoms with van der Waals surface area (Å²) < 4.78 is 0. The lowest BCUT2D eigenvalue weighted by molar-refractivity contribution is -0.384. The molecule has 0 fully saturated rings. The highest BCUT2D eigenvalue weighted by Crippen LogP contribution is 2.16. The van der Waals surface area contributed by atoms with E-state index in [1.54, 1.807) is 36.5 Å². The van der Waals surface area contributed by atoms with Gasteiger partial charge in [0.05, 0.1) is 16.8 Å². The first-order valence-corrected chi connectivity index (χ1v) is 9.38. The number of pyridine rings is 1. The van der Waals surface area contributed by atoms with E-state index in [0.29, 0.717) is 18.0 Å². The molecule has 0 aliphatic carbocycles. The number of aryl methyl sites for hydroxylation is 2.